The lowest BCUT2D eigenvalue weighted by Gasteiger charge is -2.36. The lowest BCUT2D eigenvalue weighted by Crippen LogP contribution is -2.49. The number of amides is 1. The molecule has 0 aliphatic carbocycles. The third-order valence-corrected chi connectivity index (χ3v) is 4.83. The van der Waals surface area contributed by atoms with Crippen molar-refractivity contribution in [3.05, 3.63) is 54.1 Å². The molecule has 0 saturated carbocycles. The maximum atomic E-state index is 12.5. The maximum Gasteiger partial charge on any atom is 0.223 e. The fourth-order valence-corrected chi connectivity index (χ4v) is 3.29. The van der Waals surface area contributed by atoms with E-state index < -0.39 is 0 Å². The predicted molar refractivity (Wildman–Crippen MR) is 103 cm³/mol. The van der Waals surface area contributed by atoms with Crippen LogP contribution in [0.2, 0.25) is 0 Å². The van der Waals surface area contributed by atoms with Gasteiger partial charge in [0.15, 0.2) is 0 Å². The number of aryl methyl sites for hydroxylation is 1. The van der Waals surface area contributed by atoms with E-state index in [2.05, 4.69) is 17.0 Å². The summed E-state index contributed by atoms with van der Waals surface area (Å²) in [5, 5.41) is 0. The van der Waals surface area contributed by atoms with Gasteiger partial charge in [0.25, 0.3) is 0 Å². The number of carbonyl (C=O) groups is 1. The van der Waals surface area contributed by atoms with Crippen LogP contribution in [-0.4, -0.2) is 51.2 Å². The maximum absolute atomic E-state index is 12.5. The van der Waals surface area contributed by atoms with Crippen molar-refractivity contribution >= 4 is 11.6 Å². The van der Waals surface area contributed by atoms with E-state index in [1.807, 2.05) is 41.3 Å². The molecule has 1 aliphatic rings. The summed E-state index contributed by atoms with van der Waals surface area (Å²) in [6.07, 6.45) is 1.36. The first-order valence-electron chi connectivity index (χ1n) is 9.00. The van der Waals surface area contributed by atoms with Gasteiger partial charge in [-0.05, 0) is 24.1 Å². The standard InChI is InChI=1S/C21H26N2O3/c1-25-18-9-10-20(26-2)19(16-18)22-12-14-23(15-13-22)21(24)11-8-17-6-4-3-5-7-17/h3-7,9-10,16H,8,11-15H2,1-2H3. The smallest absolute Gasteiger partial charge is 0.223 e. The van der Waals surface area contributed by atoms with E-state index in [-0.39, 0.29) is 5.91 Å². The molecule has 1 amide bonds. The molecule has 1 saturated heterocycles. The van der Waals surface area contributed by atoms with Gasteiger partial charge in [0.2, 0.25) is 5.91 Å². The van der Waals surface area contributed by atoms with Crippen molar-refractivity contribution in [2.45, 2.75) is 12.8 Å². The number of anilines is 1. The Morgan fingerprint density at radius 1 is 0.962 bits per heavy atom. The minimum Gasteiger partial charge on any atom is -0.497 e. The topological polar surface area (TPSA) is 42.0 Å². The molecule has 1 heterocycles. The van der Waals surface area contributed by atoms with Crippen molar-refractivity contribution in [3.8, 4) is 11.5 Å². The summed E-state index contributed by atoms with van der Waals surface area (Å²) < 4.78 is 10.8. The van der Waals surface area contributed by atoms with Gasteiger partial charge in [0, 0.05) is 38.7 Å². The number of ether oxygens (including phenoxy) is 2. The van der Waals surface area contributed by atoms with Gasteiger partial charge in [-0.1, -0.05) is 30.3 Å². The average Bonchev–Trinajstić information content (AvgIpc) is 2.72. The molecule has 0 bridgehead atoms. The Balaban J connectivity index is 1.56. The molecule has 0 atom stereocenters. The van der Waals surface area contributed by atoms with Crippen LogP contribution in [-0.2, 0) is 11.2 Å². The van der Waals surface area contributed by atoms with Crippen molar-refractivity contribution in [1.82, 2.24) is 4.90 Å². The summed E-state index contributed by atoms with van der Waals surface area (Å²) in [6.45, 7) is 3.04. The summed E-state index contributed by atoms with van der Waals surface area (Å²) in [4.78, 5) is 16.7. The first-order chi connectivity index (χ1) is 12.7. The molecular weight excluding hydrogens is 328 g/mol. The average molecular weight is 354 g/mol. The molecule has 1 aliphatic heterocycles. The van der Waals surface area contributed by atoms with Crippen LogP contribution in [0.15, 0.2) is 48.5 Å². The van der Waals surface area contributed by atoms with Crippen LogP contribution in [0.4, 0.5) is 5.69 Å². The number of piperazine rings is 1. The van der Waals surface area contributed by atoms with E-state index >= 15 is 0 Å². The second-order valence-electron chi connectivity index (χ2n) is 6.39. The molecule has 2 aromatic carbocycles. The second kappa shape index (κ2) is 8.61. The Labute approximate surface area is 155 Å². The molecule has 0 unspecified atom stereocenters. The molecule has 5 heteroatoms. The van der Waals surface area contributed by atoms with Crippen LogP contribution in [0.5, 0.6) is 11.5 Å². The van der Waals surface area contributed by atoms with Crippen molar-refractivity contribution in [2.24, 2.45) is 0 Å². The Morgan fingerprint density at radius 3 is 2.35 bits per heavy atom. The lowest BCUT2D eigenvalue weighted by molar-refractivity contribution is -0.131. The Bertz CT molecular complexity index is 725. The highest BCUT2D eigenvalue weighted by atomic mass is 16.5. The van der Waals surface area contributed by atoms with Crippen LogP contribution in [0, 0.1) is 0 Å². The van der Waals surface area contributed by atoms with Gasteiger partial charge >= 0.3 is 0 Å². The molecule has 3 rings (SSSR count). The van der Waals surface area contributed by atoms with Crippen LogP contribution in [0.3, 0.4) is 0 Å². The highest BCUT2D eigenvalue weighted by Gasteiger charge is 2.23. The Morgan fingerprint density at radius 2 is 1.69 bits per heavy atom. The zero-order chi connectivity index (χ0) is 18.4. The number of rotatable bonds is 6. The third kappa shape index (κ3) is 4.28. The van der Waals surface area contributed by atoms with Gasteiger partial charge in [0.1, 0.15) is 11.5 Å². The van der Waals surface area contributed by atoms with Crippen LogP contribution >= 0.6 is 0 Å². The molecule has 1 fully saturated rings. The van der Waals surface area contributed by atoms with Crippen LogP contribution < -0.4 is 14.4 Å². The van der Waals surface area contributed by atoms with Crippen LogP contribution in [0.25, 0.3) is 0 Å². The molecule has 2 aromatic rings. The first kappa shape index (κ1) is 18.1. The van der Waals surface area contributed by atoms with Crippen molar-refractivity contribution in [1.29, 1.82) is 0 Å². The molecule has 0 aromatic heterocycles. The number of benzene rings is 2. The predicted octanol–water partition coefficient (Wildman–Crippen LogP) is 2.99. The number of methoxy groups -OCH3 is 2. The summed E-state index contributed by atoms with van der Waals surface area (Å²) in [5.74, 6) is 1.86. The molecule has 0 N–H and O–H groups in total. The fourth-order valence-electron chi connectivity index (χ4n) is 3.29. The normalized spacial score (nSPS) is 14.2. The van der Waals surface area contributed by atoms with E-state index in [4.69, 9.17) is 9.47 Å². The van der Waals surface area contributed by atoms with Gasteiger partial charge in [-0.15, -0.1) is 0 Å². The highest BCUT2D eigenvalue weighted by molar-refractivity contribution is 5.77. The number of hydrogen-bond donors (Lipinski definition) is 0. The van der Waals surface area contributed by atoms with Crippen molar-refractivity contribution < 1.29 is 14.3 Å². The quantitative estimate of drug-likeness (QED) is 0.800. The number of carbonyl (C=O) groups excluding carboxylic acids is 1. The van der Waals surface area contributed by atoms with Crippen molar-refractivity contribution in [2.75, 3.05) is 45.3 Å². The Hall–Kier alpha value is -2.69. The summed E-state index contributed by atoms with van der Waals surface area (Å²) in [7, 11) is 3.34. The summed E-state index contributed by atoms with van der Waals surface area (Å²) in [6, 6.07) is 16.0. The number of hydrogen-bond acceptors (Lipinski definition) is 4. The zero-order valence-electron chi connectivity index (χ0n) is 15.5. The molecular formula is C21H26N2O3. The lowest BCUT2D eigenvalue weighted by atomic mass is 10.1. The van der Waals surface area contributed by atoms with Crippen molar-refractivity contribution in [3.63, 3.8) is 0 Å². The van der Waals surface area contributed by atoms with E-state index in [1.54, 1.807) is 14.2 Å². The summed E-state index contributed by atoms with van der Waals surface area (Å²) >= 11 is 0. The van der Waals surface area contributed by atoms with Crippen LogP contribution in [0.1, 0.15) is 12.0 Å². The van der Waals surface area contributed by atoms with Gasteiger partial charge in [-0.3, -0.25) is 4.79 Å². The first-order valence-corrected chi connectivity index (χ1v) is 9.00. The van der Waals surface area contributed by atoms with Gasteiger partial charge in [-0.2, -0.15) is 0 Å². The zero-order valence-corrected chi connectivity index (χ0v) is 15.5. The van der Waals surface area contributed by atoms with E-state index in [0.29, 0.717) is 6.42 Å². The third-order valence-electron chi connectivity index (χ3n) is 4.83. The highest BCUT2D eigenvalue weighted by Crippen LogP contribution is 2.32. The molecule has 0 spiro atoms. The van der Waals surface area contributed by atoms with Gasteiger partial charge in [-0.25, -0.2) is 0 Å². The molecule has 0 radical (unpaired) electrons. The SMILES string of the molecule is COc1ccc(OC)c(N2CCN(C(=O)CCc3ccccc3)CC2)c1. The molecule has 138 valence electrons. The van der Waals surface area contributed by atoms with Gasteiger partial charge < -0.3 is 19.3 Å². The van der Waals surface area contributed by atoms with E-state index in [1.165, 1.54) is 5.56 Å². The monoisotopic (exact) mass is 354 g/mol. The molecule has 5 nitrogen and oxygen atoms in total. The minimum absolute atomic E-state index is 0.228. The molecule has 26 heavy (non-hydrogen) atoms. The van der Waals surface area contributed by atoms with E-state index in [0.717, 1.165) is 49.8 Å². The number of nitrogens with zero attached hydrogens (tertiary/aromatic N) is 2. The Kier molecular flexibility index (Phi) is 6.00. The second-order valence-corrected chi connectivity index (χ2v) is 6.39. The summed E-state index contributed by atoms with van der Waals surface area (Å²) in [5.41, 5.74) is 2.23. The van der Waals surface area contributed by atoms with E-state index in [9.17, 15) is 4.79 Å². The largest absolute Gasteiger partial charge is 0.497 e. The fraction of sp³-hybridized carbons (Fsp3) is 0.381. The van der Waals surface area contributed by atoms with Gasteiger partial charge in [0.05, 0.1) is 19.9 Å². The minimum atomic E-state index is 0.228.